The van der Waals surface area contributed by atoms with Crippen molar-refractivity contribution in [2.24, 2.45) is 5.73 Å². The number of ether oxygens (including phenoxy) is 1. The van der Waals surface area contributed by atoms with Gasteiger partial charge in [-0.15, -0.1) is 0 Å². The number of methoxy groups -OCH3 is 1. The third-order valence-electron chi connectivity index (χ3n) is 2.73. The van der Waals surface area contributed by atoms with E-state index in [1.807, 2.05) is 43.3 Å². The zero-order valence-electron chi connectivity index (χ0n) is 11.3. The highest BCUT2D eigenvalue weighted by molar-refractivity contribution is 5.61. The minimum Gasteiger partial charge on any atom is -0.383 e. The fourth-order valence-electron chi connectivity index (χ4n) is 1.67. The molecule has 0 radical (unpaired) electrons. The minimum absolute atomic E-state index is 0.358. The predicted molar refractivity (Wildman–Crippen MR) is 72.9 cm³/mol. The van der Waals surface area contributed by atoms with Crippen LogP contribution < -0.4 is 10.6 Å². The van der Waals surface area contributed by atoms with Crippen LogP contribution in [0.3, 0.4) is 0 Å². The lowest BCUT2D eigenvalue weighted by Crippen LogP contribution is -2.17. The number of hydrogen-bond donors (Lipinski definition) is 1. The summed E-state index contributed by atoms with van der Waals surface area (Å²) in [5.74, 6) is 0.914. The van der Waals surface area contributed by atoms with Crippen molar-refractivity contribution in [3.8, 4) is 11.5 Å². The zero-order chi connectivity index (χ0) is 13.8. The van der Waals surface area contributed by atoms with Crippen LogP contribution in [0.4, 0.5) is 5.69 Å². The van der Waals surface area contributed by atoms with Crippen molar-refractivity contribution in [3.63, 3.8) is 0 Å². The van der Waals surface area contributed by atoms with Gasteiger partial charge >= 0.3 is 0 Å². The maximum absolute atomic E-state index is 5.86. The maximum Gasteiger partial charge on any atom is 0.258 e. The summed E-state index contributed by atoms with van der Waals surface area (Å²) < 4.78 is 10.2. The lowest BCUT2D eigenvalue weighted by Gasteiger charge is -2.12. The van der Waals surface area contributed by atoms with E-state index >= 15 is 0 Å². The van der Waals surface area contributed by atoms with Crippen LogP contribution in [0, 0.1) is 0 Å². The first kappa shape index (κ1) is 13.5. The molecule has 6 nitrogen and oxygen atoms in total. The molecule has 0 amide bonds. The number of aromatic nitrogens is 2. The topological polar surface area (TPSA) is 77.4 Å². The summed E-state index contributed by atoms with van der Waals surface area (Å²) in [4.78, 5) is 6.31. The van der Waals surface area contributed by atoms with E-state index in [1.54, 1.807) is 7.11 Å². The molecule has 102 valence electrons. The van der Waals surface area contributed by atoms with Gasteiger partial charge in [0.2, 0.25) is 0 Å². The van der Waals surface area contributed by atoms with Gasteiger partial charge in [-0.1, -0.05) is 11.2 Å². The Hall–Kier alpha value is -1.92. The number of nitrogens with two attached hydrogens (primary N) is 1. The summed E-state index contributed by atoms with van der Waals surface area (Å²) in [6.45, 7) is 0.358. The van der Waals surface area contributed by atoms with Crippen molar-refractivity contribution >= 4 is 5.69 Å². The molecule has 0 aliphatic carbocycles. The van der Waals surface area contributed by atoms with Crippen molar-refractivity contribution < 1.29 is 9.26 Å². The molecule has 2 aromatic rings. The summed E-state index contributed by atoms with van der Waals surface area (Å²) in [5, 5.41) is 3.88. The van der Waals surface area contributed by atoms with Crippen LogP contribution in [0.15, 0.2) is 28.8 Å². The molecular weight excluding hydrogens is 244 g/mol. The van der Waals surface area contributed by atoms with Crippen molar-refractivity contribution in [1.29, 1.82) is 0 Å². The summed E-state index contributed by atoms with van der Waals surface area (Å²) >= 11 is 0. The van der Waals surface area contributed by atoms with E-state index < -0.39 is 0 Å². The monoisotopic (exact) mass is 262 g/mol. The Kier molecular flexibility index (Phi) is 4.13. The normalized spacial score (nSPS) is 12.4. The quantitative estimate of drug-likeness (QED) is 0.878. The number of benzene rings is 1. The zero-order valence-corrected chi connectivity index (χ0v) is 11.3. The molecule has 0 spiro atoms. The number of rotatable bonds is 5. The van der Waals surface area contributed by atoms with Crippen LogP contribution in [0.2, 0.25) is 0 Å². The standard InChI is InChI=1S/C13H18N4O2/c1-17(2)10-6-4-5-9(7-10)13-15-12(16-19-13)11(14)8-18-3/h4-7,11H,8,14H2,1-3H3. The van der Waals surface area contributed by atoms with E-state index in [1.165, 1.54) is 0 Å². The Labute approximate surface area is 112 Å². The number of anilines is 1. The molecule has 19 heavy (non-hydrogen) atoms. The summed E-state index contributed by atoms with van der Waals surface area (Å²) in [5.41, 5.74) is 7.79. The van der Waals surface area contributed by atoms with Crippen LogP contribution in [0.25, 0.3) is 11.5 Å². The van der Waals surface area contributed by atoms with Gasteiger partial charge in [0.1, 0.15) is 0 Å². The molecule has 0 saturated carbocycles. The fourth-order valence-corrected chi connectivity index (χ4v) is 1.67. The summed E-state index contributed by atoms with van der Waals surface area (Å²) in [6.07, 6.45) is 0. The minimum atomic E-state index is -0.375. The second-order valence-electron chi connectivity index (χ2n) is 4.46. The summed E-state index contributed by atoms with van der Waals surface area (Å²) in [7, 11) is 5.54. The Bertz CT molecular complexity index is 539. The first-order chi connectivity index (χ1) is 9.11. The highest BCUT2D eigenvalue weighted by atomic mass is 16.5. The molecule has 1 heterocycles. The average molecular weight is 262 g/mol. The highest BCUT2D eigenvalue weighted by Gasteiger charge is 2.15. The van der Waals surface area contributed by atoms with Gasteiger partial charge < -0.3 is 19.9 Å². The van der Waals surface area contributed by atoms with E-state index in [9.17, 15) is 0 Å². The van der Waals surface area contributed by atoms with Gasteiger partial charge in [0, 0.05) is 32.5 Å². The molecule has 1 aromatic heterocycles. The first-order valence-electron chi connectivity index (χ1n) is 5.97. The molecule has 1 unspecified atom stereocenters. The largest absolute Gasteiger partial charge is 0.383 e. The van der Waals surface area contributed by atoms with Crippen LogP contribution in [-0.4, -0.2) is 38.0 Å². The Morgan fingerprint density at radius 3 is 2.89 bits per heavy atom. The Balaban J connectivity index is 2.25. The lowest BCUT2D eigenvalue weighted by atomic mass is 10.2. The predicted octanol–water partition coefficient (Wildman–Crippen LogP) is 1.45. The highest BCUT2D eigenvalue weighted by Crippen LogP contribution is 2.23. The molecule has 0 aliphatic heterocycles. The third-order valence-corrected chi connectivity index (χ3v) is 2.73. The van der Waals surface area contributed by atoms with E-state index in [-0.39, 0.29) is 6.04 Å². The Morgan fingerprint density at radius 1 is 1.42 bits per heavy atom. The van der Waals surface area contributed by atoms with E-state index in [2.05, 4.69) is 10.1 Å². The van der Waals surface area contributed by atoms with Crippen LogP contribution in [0.1, 0.15) is 11.9 Å². The van der Waals surface area contributed by atoms with Crippen LogP contribution in [0.5, 0.6) is 0 Å². The molecule has 1 atom stereocenters. The smallest absolute Gasteiger partial charge is 0.258 e. The fraction of sp³-hybridized carbons (Fsp3) is 0.385. The summed E-state index contributed by atoms with van der Waals surface area (Å²) in [6, 6.07) is 7.49. The van der Waals surface area contributed by atoms with Crippen molar-refractivity contribution in [2.45, 2.75) is 6.04 Å². The molecule has 0 bridgehead atoms. The average Bonchev–Trinajstić information content (AvgIpc) is 2.89. The number of nitrogens with zero attached hydrogens (tertiary/aromatic N) is 3. The van der Waals surface area contributed by atoms with Crippen molar-refractivity contribution in [2.75, 3.05) is 32.7 Å². The Morgan fingerprint density at radius 2 is 2.21 bits per heavy atom. The lowest BCUT2D eigenvalue weighted by molar-refractivity contribution is 0.177. The van der Waals surface area contributed by atoms with Gasteiger partial charge in [0.05, 0.1) is 12.6 Å². The van der Waals surface area contributed by atoms with Gasteiger partial charge in [0.15, 0.2) is 5.82 Å². The van der Waals surface area contributed by atoms with Crippen molar-refractivity contribution in [3.05, 3.63) is 30.1 Å². The van der Waals surface area contributed by atoms with E-state index in [0.717, 1.165) is 11.3 Å². The van der Waals surface area contributed by atoms with Crippen LogP contribution >= 0.6 is 0 Å². The van der Waals surface area contributed by atoms with Crippen LogP contribution in [-0.2, 0) is 4.74 Å². The third kappa shape index (κ3) is 3.10. The SMILES string of the molecule is COCC(N)c1noc(-c2cccc(N(C)C)c2)n1. The molecule has 2 rings (SSSR count). The van der Waals surface area contributed by atoms with Gasteiger partial charge in [-0.2, -0.15) is 4.98 Å². The first-order valence-corrected chi connectivity index (χ1v) is 5.97. The molecule has 6 heteroatoms. The van der Waals surface area contributed by atoms with E-state index in [0.29, 0.717) is 18.3 Å². The molecule has 1 aromatic carbocycles. The molecule has 0 saturated heterocycles. The second-order valence-corrected chi connectivity index (χ2v) is 4.46. The molecule has 0 aliphatic rings. The van der Waals surface area contributed by atoms with Gasteiger partial charge in [-0.3, -0.25) is 0 Å². The van der Waals surface area contributed by atoms with Crippen molar-refractivity contribution in [1.82, 2.24) is 10.1 Å². The van der Waals surface area contributed by atoms with Gasteiger partial charge in [0.25, 0.3) is 5.89 Å². The molecule has 0 fully saturated rings. The van der Waals surface area contributed by atoms with Gasteiger partial charge in [-0.05, 0) is 18.2 Å². The molecule has 2 N–H and O–H groups in total. The van der Waals surface area contributed by atoms with E-state index in [4.69, 9.17) is 15.0 Å². The van der Waals surface area contributed by atoms with Gasteiger partial charge in [-0.25, -0.2) is 0 Å². The number of hydrogen-bond acceptors (Lipinski definition) is 6. The maximum atomic E-state index is 5.86. The second kappa shape index (κ2) is 5.81. The molecular formula is C13H18N4O2.